The van der Waals surface area contributed by atoms with Crippen molar-refractivity contribution < 1.29 is 0 Å². The van der Waals surface area contributed by atoms with Gasteiger partial charge in [0, 0.05) is 17.6 Å². The van der Waals surface area contributed by atoms with Crippen molar-refractivity contribution in [1.29, 1.82) is 0 Å². The number of para-hydroxylation sites is 1. The molecule has 0 fully saturated rings. The Hall–Kier alpha value is -1.69. The Morgan fingerprint density at radius 3 is 2.52 bits per heavy atom. The molecule has 0 radical (unpaired) electrons. The molecular formula is C15H20BrN5. The summed E-state index contributed by atoms with van der Waals surface area (Å²) in [6.45, 7) is 6.18. The smallest absolute Gasteiger partial charge is 0.247 e. The summed E-state index contributed by atoms with van der Waals surface area (Å²) in [5.41, 5.74) is 0.960. The van der Waals surface area contributed by atoms with Crippen molar-refractivity contribution in [2.75, 3.05) is 23.3 Å². The summed E-state index contributed by atoms with van der Waals surface area (Å²) >= 11 is 3.51. The molecule has 0 saturated heterocycles. The zero-order valence-corrected chi connectivity index (χ0v) is 14.0. The number of benzene rings is 1. The van der Waals surface area contributed by atoms with Crippen molar-refractivity contribution in [3.05, 3.63) is 34.9 Å². The Balaban J connectivity index is 2.18. The highest BCUT2D eigenvalue weighted by Crippen LogP contribution is 2.24. The van der Waals surface area contributed by atoms with E-state index in [1.807, 2.05) is 24.3 Å². The van der Waals surface area contributed by atoms with Gasteiger partial charge in [0.1, 0.15) is 0 Å². The van der Waals surface area contributed by atoms with Crippen LogP contribution in [0.25, 0.3) is 0 Å². The molecule has 5 nitrogen and oxygen atoms in total. The lowest BCUT2D eigenvalue weighted by molar-refractivity contribution is 0.711. The molecule has 1 heterocycles. The van der Waals surface area contributed by atoms with E-state index in [4.69, 9.17) is 0 Å². The van der Waals surface area contributed by atoms with Gasteiger partial charge in [0.25, 0.3) is 0 Å². The molecule has 0 saturated carbocycles. The van der Waals surface area contributed by atoms with Gasteiger partial charge in [-0.2, -0.15) is 10.1 Å². The Morgan fingerprint density at radius 2 is 1.86 bits per heavy atom. The van der Waals surface area contributed by atoms with Crippen LogP contribution >= 0.6 is 15.9 Å². The third-order valence-corrected chi connectivity index (χ3v) is 3.65. The normalized spacial score (nSPS) is 10.4. The highest BCUT2D eigenvalue weighted by molar-refractivity contribution is 9.10. The molecule has 1 aromatic heterocycles. The Bertz CT molecular complexity index is 569. The van der Waals surface area contributed by atoms with Crippen LogP contribution in [-0.4, -0.2) is 28.3 Å². The minimum atomic E-state index is 0.677. The van der Waals surface area contributed by atoms with Gasteiger partial charge in [0.2, 0.25) is 5.95 Å². The highest BCUT2D eigenvalue weighted by atomic mass is 79.9. The average molecular weight is 350 g/mol. The molecular weight excluding hydrogens is 330 g/mol. The van der Waals surface area contributed by atoms with E-state index in [0.29, 0.717) is 11.8 Å². The molecule has 112 valence electrons. The molecule has 0 aliphatic rings. The van der Waals surface area contributed by atoms with Crippen molar-refractivity contribution >= 4 is 33.4 Å². The van der Waals surface area contributed by atoms with Crippen LogP contribution in [0, 0.1) is 0 Å². The van der Waals surface area contributed by atoms with Gasteiger partial charge in [-0.3, -0.25) is 0 Å². The van der Waals surface area contributed by atoms with E-state index in [1.54, 1.807) is 6.20 Å². The Kier molecular flexibility index (Phi) is 5.92. The van der Waals surface area contributed by atoms with Crippen LogP contribution in [0.15, 0.2) is 34.9 Å². The van der Waals surface area contributed by atoms with Crippen LogP contribution in [0.2, 0.25) is 0 Å². The summed E-state index contributed by atoms with van der Waals surface area (Å²) in [6.07, 6.45) is 3.76. The fraction of sp³-hybridized carbons (Fsp3) is 0.400. The predicted molar refractivity (Wildman–Crippen MR) is 90.0 cm³/mol. The quantitative estimate of drug-likeness (QED) is 0.818. The van der Waals surface area contributed by atoms with Crippen LogP contribution in [0.4, 0.5) is 17.5 Å². The fourth-order valence-corrected chi connectivity index (χ4v) is 2.42. The van der Waals surface area contributed by atoms with Gasteiger partial charge in [-0.1, -0.05) is 26.0 Å². The third-order valence-electron chi connectivity index (χ3n) is 2.95. The lowest BCUT2D eigenvalue weighted by atomic mass is 10.3. The minimum absolute atomic E-state index is 0.677. The Labute approximate surface area is 133 Å². The summed E-state index contributed by atoms with van der Waals surface area (Å²) in [5.74, 6) is 1.37. The second-order valence-corrected chi connectivity index (χ2v) is 5.59. The van der Waals surface area contributed by atoms with E-state index >= 15 is 0 Å². The fourth-order valence-electron chi connectivity index (χ4n) is 2.04. The van der Waals surface area contributed by atoms with Crippen molar-refractivity contribution in [2.24, 2.45) is 0 Å². The molecule has 1 aromatic carbocycles. The minimum Gasteiger partial charge on any atom is -0.339 e. The largest absolute Gasteiger partial charge is 0.339 e. The number of nitrogens with zero attached hydrogens (tertiary/aromatic N) is 4. The first-order valence-electron chi connectivity index (χ1n) is 7.20. The van der Waals surface area contributed by atoms with Crippen molar-refractivity contribution in [3.8, 4) is 0 Å². The topological polar surface area (TPSA) is 53.9 Å². The molecule has 21 heavy (non-hydrogen) atoms. The SMILES string of the molecule is CCCN(CCC)c1nncc(Nc2ccccc2Br)n1. The number of rotatable bonds is 7. The van der Waals surface area contributed by atoms with Gasteiger partial charge >= 0.3 is 0 Å². The lowest BCUT2D eigenvalue weighted by Crippen LogP contribution is -2.27. The van der Waals surface area contributed by atoms with E-state index in [1.165, 1.54) is 0 Å². The molecule has 6 heteroatoms. The van der Waals surface area contributed by atoms with Gasteiger partial charge in [-0.05, 0) is 40.9 Å². The molecule has 0 amide bonds. The molecule has 0 aliphatic carbocycles. The van der Waals surface area contributed by atoms with E-state index in [-0.39, 0.29) is 0 Å². The molecule has 0 aliphatic heterocycles. The van der Waals surface area contributed by atoms with Crippen LogP contribution in [0.5, 0.6) is 0 Å². The number of aromatic nitrogens is 3. The molecule has 0 spiro atoms. The van der Waals surface area contributed by atoms with Gasteiger partial charge < -0.3 is 10.2 Å². The lowest BCUT2D eigenvalue weighted by Gasteiger charge is -2.21. The van der Waals surface area contributed by atoms with Crippen molar-refractivity contribution in [3.63, 3.8) is 0 Å². The van der Waals surface area contributed by atoms with Gasteiger partial charge in [0.15, 0.2) is 5.82 Å². The summed E-state index contributed by atoms with van der Waals surface area (Å²) in [5, 5.41) is 11.5. The summed E-state index contributed by atoms with van der Waals surface area (Å²) in [4.78, 5) is 6.73. The predicted octanol–water partition coefficient (Wildman–Crippen LogP) is 4.00. The number of hydrogen-bond donors (Lipinski definition) is 1. The van der Waals surface area contributed by atoms with E-state index in [2.05, 4.69) is 55.2 Å². The highest BCUT2D eigenvalue weighted by Gasteiger charge is 2.10. The third kappa shape index (κ3) is 4.39. The van der Waals surface area contributed by atoms with Crippen molar-refractivity contribution in [1.82, 2.24) is 15.2 Å². The van der Waals surface area contributed by atoms with Crippen LogP contribution < -0.4 is 10.2 Å². The molecule has 0 atom stereocenters. The maximum Gasteiger partial charge on any atom is 0.247 e. The van der Waals surface area contributed by atoms with E-state index in [0.717, 1.165) is 36.1 Å². The van der Waals surface area contributed by atoms with Crippen LogP contribution in [0.3, 0.4) is 0 Å². The molecule has 2 rings (SSSR count). The number of nitrogens with one attached hydrogen (secondary N) is 1. The van der Waals surface area contributed by atoms with Crippen molar-refractivity contribution in [2.45, 2.75) is 26.7 Å². The summed E-state index contributed by atoms with van der Waals surface area (Å²) in [6, 6.07) is 7.92. The number of hydrogen-bond acceptors (Lipinski definition) is 5. The summed E-state index contributed by atoms with van der Waals surface area (Å²) in [7, 11) is 0. The van der Waals surface area contributed by atoms with Gasteiger partial charge in [0.05, 0.1) is 11.9 Å². The Morgan fingerprint density at radius 1 is 1.14 bits per heavy atom. The van der Waals surface area contributed by atoms with Gasteiger partial charge in [-0.25, -0.2) is 0 Å². The summed E-state index contributed by atoms with van der Waals surface area (Å²) < 4.78 is 0.990. The van der Waals surface area contributed by atoms with Gasteiger partial charge in [-0.15, -0.1) is 5.10 Å². The zero-order chi connectivity index (χ0) is 15.1. The second-order valence-electron chi connectivity index (χ2n) is 4.73. The first-order valence-corrected chi connectivity index (χ1v) is 8.00. The van der Waals surface area contributed by atoms with Crippen LogP contribution in [0.1, 0.15) is 26.7 Å². The maximum atomic E-state index is 4.57. The standard InChI is InChI=1S/C15H20BrN5/c1-3-9-21(10-4-2)15-19-14(11-17-20-15)18-13-8-6-5-7-12(13)16/h5-8,11H,3-4,9-10H2,1-2H3,(H,18,19,20). The van der Waals surface area contributed by atoms with Crippen LogP contribution in [-0.2, 0) is 0 Å². The van der Waals surface area contributed by atoms with E-state index in [9.17, 15) is 0 Å². The van der Waals surface area contributed by atoms with E-state index < -0.39 is 0 Å². The average Bonchev–Trinajstić information content (AvgIpc) is 2.50. The number of halogens is 1. The molecule has 0 unspecified atom stereocenters. The molecule has 1 N–H and O–H groups in total. The second kappa shape index (κ2) is 7.93. The first-order chi connectivity index (χ1) is 10.2. The zero-order valence-electron chi connectivity index (χ0n) is 12.4. The first kappa shape index (κ1) is 15.7. The molecule has 0 bridgehead atoms. The maximum absolute atomic E-state index is 4.57. The molecule has 2 aromatic rings. The monoisotopic (exact) mass is 349 g/mol. The number of anilines is 3.